The number of hydrogen-bond acceptors (Lipinski definition) is 5. The van der Waals surface area contributed by atoms with Crippen LogP contribution in [0, 0.1) is 29.6 Å². The van der Waals surface area contributed by atoms with E-state index >= 15 is 0 Å². The maximum atomic E-state index is 12.7. The lowest BCUT2D eigenvalue weighted by Gasteiger charge is -2.27. The van der Waals surface area contributed by atoms with Crippen molar-refractivity contribution in [3.63, 3.8) is 0 Å². The highest BCUT2D eigenvalue weighted by atomic mass is 79.9. The predicted octanol–water partition coefficient (Wildman–Crippen LogP) is 4.65. The Morgan fingerprint density at radius 2 is 1.97 bits per heavy atom. The highest BCUT2D eigenvalue weighted by molar-refractivity contribution is 9.12. The van der Waals surface area contributed by atoms with E-state index in [9.17, 15) is 9.59 Å². The first-order chi connectivity index (χ1) is 15.0. The van der Waals surface area contributed by atoms with Crippen LogP contribution in [-0.4, -0.2) is 36.9 Å². The lowest BCUT2D eigenvalue weighted by atomic mass is 9.90. The summed E-state index contributed by atoms with van der Waals surface area (Å²) in [4.78, 5) is 25.3. The monoisotopic (exact) mass is 486 g/mol. The fourth-order valence-corrected chi connectivity index (χ4v) is 5.66. The number of esters is 1. The van der Waals surface area contributed by atoms with Crippen molar-refractivity contribution in [2.45, 2.75) is 50.9 Å². The van der Waals surface area contributed by atoms with Gasteiger partial charge in [-0.15, -0.1) is 11.8 Å². The lowest BCUT2D eigenvalue weighted by molar-refractivity contribution is -0.157. The number of benzene rings is 1. The van der Waals surface area contributed by atoms with Crippen molar-refractivity contribution in [1.82, 2.24) is 0 Å². The molecule has 2 aliphatic carbocycles. The SMILES string of the molecule is CC#CCCC(=O)C(Br)=C[C@H]1[C@H]2CC3(C[C@H]2C[C@H]1OC(=O)c1ccccc1)OCCO3. The summed E-state index contributed by atoms with van der Waals surface area (Å²) in [6, 6.07) is 9.03. The third kappa shape index (κ3) is 4.95. The van der Waals surface area contributed by atoms with Gasteiger partial charge in [0.2, 0.25) is 0 Å². The lowest BCUT2D eigenvalue weighted by Crippen LogP contribution is -2.31. The molecule has 4 atom stereocenters. The molecule has 4 rings (SSSR count). The van der Waals surface area contributed by atoms with Crippen LogP contribution in [-0.2, 0) is 19.0 Å². The number of Topliss-reactive ketones (excluding diaryl/α,β-unsaturated/α-hetero) is 1. The summed E-state index contributed by atoms with van der Waals surface area (Å²) in [5.74, 6) is 5.42. The second-order valence-corrected chi connectivity index (χ2v) is 9.28. The molecule has 5 nitrogen and oxygen atoms in total. The molecule has 0 N–H and O–H groups in total. The van der Waals surface area contributed by atoms with E-state index in [0.717, 1.165) is 19.3 Å². The van der Waals surface area contributed by atoms with Crippen LogP contribution in [0.2, 0.25) is 0 Å². The summed E-state index contributed by atoms with van der Waals surface area (Å²) >= 11 is 3.48. The Bertz CT molecular complexity index is 907. The minimum Gasteiger partial charge on any atom is -0.458 e. The minimum absolute atomic E-state index is 0.0143. The van der Waals surface area contributed by atoms with Crippen LogP contribution in [0.25, 0.3) is 0 Å². The molecule has 0 amide bonds. The summed E-state index contributed by atoms with van der Waals surface area (Å²) in [5.41, 5.74) is 0.537. The third-order valence-corrected chi connectivity index (χ3v) is 7.23. The summed E-state index contributed by atoms with van der Waals surface area (Å²) in [7, 11) is 0. The van der Waals surface area contributed by atoms with E-state index in [4.69, 9.17) is 14.2 Å². The van der Waals surface area contributed by atoms with Crippen molar-refractivity contribution in [2.24, 2.45) is 17.8 Å². The van der Waals surface area contributed by atoms with Gasteiger partial charge in [-0.25, -0.2) is 4.79 Å². The van der Waals surface area contributed by atoms with Gasteiger partial charge < -0.3 is 14.2 Å². The van der Waals surface area contributed by atoms with Crippen LogP contribution in [0.3, 0.4) is 0 Å². The molecule has 1 spiro atoms. The van der Waals surface area contributed by atoms with E-state index in [0.29, 0.717) is 42.0 Å². The van der Waals surface area contributed by atoms with Gasteiger partial charge in [0, 0.05) is 31.6 Å². The summed E-state index contributed by atoms with van der Waals surface area (Å²) in [5, 5.41) is 0. The molecular formula is C25H27BrO5. The second kappa shape index (κ2) is 9.68. The van der Waals surface area contributed by atoms with E-state index in [-0.39, 0.29) is 29.7 Å². The van der Waals surface area contributed by atoms with Crippen molar-refractivity contribution in [3.8, 4) is 11.8 Å². The average Bonchev–Trinajstić information content (AvgIpc) is 3.45. The van der Waals surface area contributed by atoms with Gasteiger partial charge >= 0.3 is 5.97 Å². The molecule has 1 saturated heterocycles. The Morgan fingerprint density at radius 3 is 2.68 bits per heavy atom. The third-order valence-electron chi connectivity index (χ3n) is 6.52. The normalized spacial score (nSPS) is 28.8. The van der Waals surface area contributed by atoms with Gasteiger partial charge in [0.05, 0.1) is 23.3 Å². The molecule has 3 fully saturated rings. The number of ketones is 1. The summed E-state index contributed by atoms with van der Waals surface area (Å²) in [6.45, 7) is 3.00. The van der Waals surface area contributed by atoms with Gasteiger partial charge in [-0.3, -0.25) is 4.79 Å². The number of ether oxygens (including phenoxy) is 3. The van der Waals surface area contributed by atoms with Gasteiger partial charge in [0.1, 0.15) is 6.10 Å². The van der Waals surface area contributed by atoms with Crippen LogP contribution < -0.4 is 0 Å². The zero-order chi connectivity index (χ0) is 21.8. The maximum absolute atomic E-state index is 12.7. The van der Waals surface area contributed by atoms with E-state index in [1.54, 1.807) is 19.1 Å². The highest BCUT2D eigenvalue weighted by Gasteiger charge is 2.57. The first-order valence-electron chi connectivity index (χ1n) is 10.9. The van der Waals surface area contributed by atoms with Crippen LogP contribution in [0.15, 0.2) is 40.9 Å². The fraction of sp³-hybridized carbons (Fsp3) is 0.520. The molecule has 31 heavy (non-hydrogen) atoms. The number of halogens is 1. The first-order valence-corrected chi connectivity index (χ1v) is 11.6. The largest absolute Gasteiger partial charge is 0.458 e. The minimum atomic E-state index is -0.511. The maximum Gasteiger partial charge on any atom is 0.338 e. The summed E-state index contributed by atoms with van der Waals surface area (Å²) in [6.07, 6.45) is 4.87. The average molecular weight is 487 g/mol. The number of hydrogen-bond donors (Lipinski definition) is 0. The van der Waals surface area contributed by atoms with Crippen molar-refractivity contribution in [1.29, 1.82) is 0 Å². The molecule has 3 aliphatic rings. The van der Waals surface area contributed by atoms with Gasteiger partial charge in [-0.1, -0.05) is 24.3 Å². The van der Waals surface area contributed by atoms with Gasteiger partial charge in [0.15, 0.2) is 11.6 Å². The van der Waals surface area contributed by atoms with Crippen LogP contribution >= 0.6 is 15.9 Å². The zero-order valence-electron chi connectivity index (χ0n) is 17.6. The van der Waals surface area contributed by atoms with Crippen molar-refractivity contribution < 1.29 is 23.8 Å². The van der Waals surface area contributed by atoms with Crippen molar-refractivity contribution in [3.05, 3.63) is 46.5 Å². The molecule has 0 unspecified atom stereocenters. The van der Waals surface area contributed by atoms with E-state index < -0.39 is 5.79 Å². The fourth-order valence-electron chi connectivity index (χ4n) is 5.15. The van der Waals surface area contributed by atoms with Crippen LogP contribution in [0.4, 0.5) is 0 Å². The van der Waals surface area contributed by atoms with E-state index in [1.165, 1.54) is 0 Å². The molecule has 1 heterocycles. The quantitative estimate of drug-likeness (QED) is 0.332. The number of fused-ring (bicyclic) bond motifs is 1. The second-order valence-electron chi connectivity index (χ2n) is 8.43. The standard InChI is InChI=1S/C25H27BrO5/c1-2-3-5-10-22(27)21(26)14-19-20-16-25(29-11-12-30-25)15-18(20)13-23(19)31-24(28)17-8-6-4-7-9-17/h4,6-9,14,18-20,23H,5,10-13,15-16H2,1H3/t18-,19+,20+,23-/m1/s1. The molecule has 1 aromatic rings. The number of carbonyl (C=O) groups excluding carboxylic acids is 2. The molecule has 0 radical (unpaired) electrons. The number of carbonyl (C=O) groups is 2. The topological polar surface area (TPSA) is 61.8 Å². The Balaban J connectivity index is 1.53. The van der Waals surface area contributed by atoms with Crippen molar-refractivity contribution >= 4 is 27.7 Å². The van der Waals surface area contributed by atoms with Gasteiger partial charge in [-0.2, -0.15) is 0 Å². The smallest absolute Gasteiger partial charge is 0.338 e. The van der Waals surface area contributed by atoms with Crippen molar-refractivity contribution in [2.75, 3.05) is 13.2 Å². The Morgan fingerprint density at radius 1 is 1.23 bits per heavy atom. The zero-order valence-corrected chi connectivity index (χ0v) is 19.2. The van der Waals surface area contributed by atoms with Gasteiger partial charge in [-0.05, 0) is 53.2 Å². The molecular weight excluding hydrogens is 460 g/mol. The van der Waals surface area contributed by atoms with E-state index in [2.05, 4.69) is 27.8 Å². The Labute approximate surface area is 191 Å². The highest BCUT2D eigenvalue weighted by Crippen LogP contribution is 2.55. The van der Waals surface area contributed by atoms with Gasteiger partial charge in [0.25, 0.3) is 0 Å². The van der Waals surface area contributed by atoms with Crippen LogP contribution in [0.1, 0.15) is 49.4 Å². The number of allylic oxidation sites excluding steroid dienone is 1. The Hall–Kier alpha value is -1.94. The predicted molar refractivity (Wildman–Crippen MR) is 119 cm³/mol. The molecule has 0 bridgehead atoms. The molecule has 1 aromatic carbocycles. The Kier molecular flexibility index (Phi) is 6.95. The van der Waals surface area contributed by atoms with Crippen LogP contribution in [0.5, 0.6) is 0 Å². The molecule has 1 aliphatic heterocycles. The summed E-state index contributed by atoms with van der Waals surface area (Å²) < 4.78 is 18.4. The molecule has 164 valence electrons. The molecule has 2 saturated carbocycles. The molecule has 6 heteroatoms. The molecule has 0 aromatic heterocycles. The van der Waals surface area contributed by atoms with E-state index in [1.807, 2.05) is 24.3 Å². The number of rotatable bonds is 6. The first kappa shape index (κ1) is 22.3.